The Morgan fingerprint density at radius 3 is 2.93 bits per heavy atom. The third-order valence-corrected chi connectivity index (χ3v) is 4.67. The van der Waals surface area contributed by atoms with Crippen molar-refractivity contribution in [3.8, 4) is 23.0 Å². The number of aromatic nitrogens is 2. The molecular formula is C20H16N4O3S. The van der Waals surface area contributed by atoms with E-state index in [0.717, 1.165) is 16.9 Å². The Morgan fingerprint density at radius 2 is 2.18 bits per heavy atom. The van der Waals surface area contributed by atoms with Crippen molar-refractivity contribution in [1.82, 2.24) is 9.66 Å². The summed E-state index contributed by atoms with van der Waals surface area (Å²) in [7, 11) is 1.50. The number of furan rings is 1. The first-order valence-electron chi connectivity index (χ1n) is 8.35. The summed E-state index contributed by atoms with van der Waals surface area (Å²) in [5, 5.41) is 16.3. The second-order valence-electron chi connectivity index (χ2n) is 5.69. The van der Waals surface area contributed by atoms with E-state index >= 15 is 0 Å². The van der Waals surface area contributed by atoms with Gasteiger partial charge in [-0.05, 0) is 48.0 Å². The number of hydrogen-bond donors (Lipinski definition) is 1. The van der Waals surface area contributed by atoms with Gasteiger partial charge in [0.05, 0.1) is 31.5 Å². The van der Waals surface area contributed by atoms with Crippen LogP contribution < -0.4 is 9.54 Å². The number of pyridine rings is 1. The van der Waals surface area contributed by atoms with Crippen LogP contribution >= 0.6 is 11.3 Å². The first-order chi connectivity index (χ1) is 13.7. The van der Waals surface area contributed by atoms with Gasteiger partial charge in [0.1, 0.15) is 5.69 Å². The minimum Gasteiger partial charge on any atom is -0.504 e. The van der Waals surface area contributed by atoms with E-state index in [9.17, 15) is 5.11 Å². The van der Waals surface area contributed by atoms with E-state index in [4.69, 9.17) is 9.15 Å². The number of thiazole rings is 1. The van der Waals surface area contributed by atoms with Gasteiger partial charge in [-0.2, -0.15) is 5.10 Å². The fourth-order valence-corrected chi connectivity index (χ4v) is 3.35. The molecule has 0 bridgehead atoms. The Morgan fingerprint density at radius 1 is 1.25 bits per heavy atom. The quantitative estimate of drug-likeness (QED) is 0.520. The highest BCUT2D eigenvalue weighted by molar-refractivity contribution is 7.07. The number of ether oxygens (including phenoxy) is 1. The highest BCUT2D eigenvalue weighted by Gasteiger charge is 2.10. The minimum atomic E-state index is 0.0753. The summed E-state index contributed by atoms with van der Waals surface area (Å²) in [6.45, 7) is 0. The summed E-state index contributed by atoms with van der Waals surface area (Å²) in [5.41, 5.74) is 2.27. The maximum absolute atomic E-state index is 9.76. The molecule has 0 aliphatic rings. The number of rotatable bonds is 5. The lowest BCUT2D eigenvalue weighted by Gasteiger charge is -2.04. The van der Waals surface area contributed by atoms with E-state index in [1.54, 1.807) is 47.7 Å². The van der Waals surface area contributed by atoms with Gasteiger partial charge in [0.2, 0.25) is 4.80 Å². The lowest BCUT2D eigenvalue weighted by atomic mass is 10.2. The summed E-state index contributed by atoms with van der Waals surface area (Å²) < 4.78 is 12.4. The lowest BCUT2D eigenvalue weighted by Crippen LogP contribution is -2.11. The summed E-state index contributed by atoms with van der Waals surface area (Å²) in [5.74, 6) is 1.14. The highest BCUT2D eigenvalue weighted by atomic mass is 32.1. The van der Waals surface area contributed by atoms with Gasteiger partial charge in [-0.15, -0.1) is 11.3 Å². The molecule has 0 spiro atoms. The van der Waals surface area contributed by atoms with Crippen LogP contribution in [-0.4, -0.2) is 28.1 Å². The molecule has 0 aliphatic heterocycles. The number of aromatic hydroxyl groups is 1. The monoisotopic (exact) mass is 392 g/mol. The molecule has 0 saturated carbocycles. The predicted molar refractivity (Wildman–Crippen MR) is 107 cm³/mol. The van der Waals surface area contributed by atoms with Crippen LogP contribution in [0.4, 0.5) is 5.69 Å². The van der Waals surface area contributed by atoms with Crippen molar-refractivity contribution in [2.24, 2.45) is 10.1 Å². The van der Waals surface area contributed by atoms with Crippen LogP contribution in [-0.2, 0) is 0 Å². The largest absolute Gasteiger partial charge is 0.504 e. The van der Waals surface area contributed by atoms with Gasteiger partial charge in [0.25, 0.3) is 0 Å². The number of phenolic OH excluding ortho intramolecular Hbond substituents is 1. The molecule has 4 rings (SSSR count). The Kier molecular flexibility index (Phi) is 5.03. The zero-order valence-corrected chi connectivity index (χ0v) is 15.7. The third-order valence-electron chi connectivity index (χ3n) is 3.86. The van der Waals surface area contributed by atoms with Crippen LogP contribution in [0, 0.1) is 0 Å². The van der Waals surface area contributed by atoms with Crippen molar-refractivity contribution in [2.75, 3.05) is 7.11 Å². The van der Waals surface area contributed by atoms with E-state index in [0.29, 0.717) is 16.3 Å². The van der Waals surface area contributed by atoms with Crippen LogP contribution in [0.3, 0.4) is 0 Å². The van der Waals surface area contributed by atoms with Crippen LogP contribution in [0.15, 0.2) is 81.0 Å². The average Bonchev–Trinajstić information content (AvgIpc) is 3.38. The average molecular weight is 392 g/mol. The molecule has 3 aromatic heterocycles. The highest BCUT2D eigenvalue weighted by Crippen LogP contribution is 2.26. The maximum atomic E-state index is 9.76. The predicted octanol–water partition coefficient (Wildman–Crippen LogP) is 4.03. The van der Waals surface area contributed by atoms with E-state index < -0.39 is 0 Å². The zero-order valence-electron chi connectivity index (χ0n) is 14.9. The number of hydrogen-bond acceptors (Lipinski definition) is 7. The normalized spacial score (nSPS) is 12.0. The van der Waals surface area contributed by atoms with Crippen LogP contribution in [0.2, 0.25) is 0 Å². The molecular weight excluding hydrogens is 376 g/mol. The summed E-state index contributed by atoms with van der Waals surface area (Å²) in [4.78, 5) is 9.39. The van der Waals surface area contributed by atoms with E-state index in [2.05, 4.69) is 15.1 Å². The molecule has 0 radical (unpaired) electrons. The van der Waals surface area contributed by atoms with E-state index in [1.807, 2.05) is 29.6 Å². The molecule has 0 saturated heterocycles. The molecule has 3 heterocycles. The molecule has 28 heavy (non-hydrogen) atoms. The van der Waals surface area contributed by atoms with Gasteiger partial charge in [-0.1, -0.05) is 0 Å². The van der Waals surface area contributed by atoms with Crippen LogP contribution in [0.1, 0.15) is 5.56 Å². The van der Waals surface area contributed by atoms with Crippen molar-refractivity contribution < 1.29 is 14.3 Å². The van der Waals surface area contributed by atoms with Crippen LogP contribution in [0.25, 0.3) is 11.5 Å². The summed E-state index contributed by atoms with van der Waals surface area (Å²) >= 11 is 1.44. The molecule has 0 unspecified atom stereocenters. The molecule has 0 amide bonds. The zero-order chi connectivity index (χ0) is 19.3. The van der Waals surface area contributed by atoms with Gasteiger partial charge < -0.3 is 14.3 Å². The molecule has 0 fully saturated rings. The van der Waals surface area contributed by atoms with Crippen molar-refractivity contribution in [2.45, 2.75) is 0 Å². The first kappa shape index (κ1) is 17.7. The van der Waals surface area contributed by atoms with Gasteiger partial charge >= 0.3 is 0 Å². The van der Waals surface area contributed by atoms with E-state index in [-0.39, 0.29) is 5.75 Å². The van der Waals surface area contributed by atoms with Crippen LogP contribution in [0.5, 0.6) is 11.5 Å². The number of phenols is 1. The minimum absolute atomic E-state index is 0.0753. The second-order valence-corrected chi connectivity index (χ2v) is 6.53. The Bertz CT molecular complexity index is 1160. The fraction of sp³-hybridized carbons (Fsp3) is 0.0500. The molecule has 1 aromatic carbocycles. The van der Waals surface area contributed by atoms with Gasteiger partial charge in [-0.25, -0.2) is 9.67 Å². The molecule has 140 valence electrons. The fourth-order valence-electron chi connectivity index (χ4n) is 2.51. The Labute approximate surface area is 164 Å². The summed E-state index contributed by atoms with van der Waals surface area (Å²) in [6, 6.07) is 12.4. The Balaban J connectivity index is 1.80. The molecule has 4 aromatic rings. The third kappa shape index (κ3) is 3.72. The first-order valence-corrected chi connectivity index (χ1v) is 9.23. The molecule has 7 nitrogen and oxygen atoms in total. The number of methoxy groups -OCH3 is 1. The van der Waals surface area contributed by atoms with Crippen molar-refractivity contribution in [3.05, 3.63) is 76.9 Å². The maximum Gasteiger partial charge on any atom is 0.211 e. The SMILES string of the molecule is COc1cc(C=Nn2c(-c3ccco3)csc2=Nc2cccnc2)ccc1O. The van der Waals surface area contributed by atoms with Crippen molar-refractivity contribution >= 4 is 23.2 Å². The van der Waals surface area contributed by atoms with Crippen molar-refractivity contribution in [3.63, 3.8) is 0 Å². The Hall–Kier alpha value is -3.65. The number of benzene rings is 1. The van der Waals surface area contributed by atoms with Crippen molar-refractivity contribution in [1.29, 1.82) is 0 Å². The smallest absolute Gasteiger partial charge is 0.211 e. The molecule has 0 atom stereocenters. The van der Waals surface area contributed by atoms with E-state index in [1.165, 1.54) is 18.4 Å². The van der Waals surface area contributed by atoms with Gasteiger partial charge in [-0.3, -0.25) is 4.98 Å². The number of nitrogens with zero attached hydrogens (tertiary/aromatic N) is 4. The summed E-state index contributed by atoms with van der Waals surface area (Å²) in [6.07, 6.45) is 6.67. The topological polar surface area (TPSA) is 85.1 Å². The molecule has 1 N–H and O–H groups in total. The molecule has 0 aliphatic carbocycles. The van der Waals surface area contributed by atoms with Gasteiger partial charge in [0.15, 0.2) is 17.3 Å². The van der Waals surface area contributed by atoms with Gasteiger partial charge in [0, 0.05) is 11.6 Å². The second kappa shape index (κ2) is 7.93. The molecule has 8 heteroatoms. The lowest BCUT2D eigenvalue weighted by molar-refractivity contribution is 0.373. The standard InChI is InChI=1S/C20H16N4O3S/c1-26-19-10-14(6-7-17(19)25)11-22-24-16(18-5-3-9-27-18)13-28-20(24)23-15-4-2-8-21-12-15/h2-13,25H,1H3.